The van der Waals surface area contributed by atoms with Crippen molar-refractivity contribution < 1.29 is 33.6 Å². The molecule has 0 amide bonds. The Kier molecular flexibility index (Phi) is 9.01. The minimum absolute atomic E-state index is 0.0348. The summed E-state index contributed by atoms with van der Waals surface area (Å²) in [5.41, 5.74) is 15.3. The molecule has 4 aromatic rings. The second-order valence-corrected chi connectivity index (χ2v) is 20.3. The maximum Gasteiger partial charge on any atom is 0.342 e. The van der Waals surface area contributed by atoms with E-state index in [2.05, 4.69) is 50.8 Å². The van der Waals surface area contributed by atoms with Crippen LogP contribution in [0.25, 0.3) is 21.9 Å². The summed E-state index contributed by atoms with van der Waals surface area (Å²) in [7, 11) is 3.34. The Labute approximate surface area is 358 Å². The SMILES string of the molecule is Cc1cc(=O)c2c(O)c3c(cc2o1)OC1(C)CCSSCC2=C(N)NC(Cn4cc5cc[nH]c5c4)C=C2C2C=C(C=C(N)N2)CCC2OC24C(=O)OC1C3C1C=CC4C(O)C1. The molecule has 1 aromatic carbocycles. The molecule has 16 heteroatoms. The number of aliphatic hydroxyl groups is 1. The molecule has 0 saturated carbocycles. The number of phenolic OH excluding ortho intramolecular Hbond substituents is 1. The smallest absolute Gasteiger partial charge is 0.342 e. The fourth-order valence-electron chi connectivity index (χ4n) is 10.8. The number of allylic oxidation sites excluding steroid dienone is 3. The molecule has 1 aliphatic carbocycles. The Morgan fingerprint density at radius 3 is 2.80 bits per heavy atom. The lowest BCUT2D eigenvalue weighted by atomic mass is 9.67. The van der Waals surface area contributed by atoms with Gasteiger partial charge in [0.15, 0.2) is 11.0 Å². The van der Waals surface area contributed by atoms with Crippen LogP contribution in [0, 0.1) is 18.8 Å². The number of aliphatic hydroxyl groups excluding tert-OH is 1. The molecule has 1 spiro atoms. The summed E-state index contributed by atoms with van der Waals surface area (Å²) >= 11 is 0. The van der Waals surface area contributed by atoms with Crippen LogP contribution >= 0.6 is 21.6 Å². The van der Waals surface area contributed by atoms with Crippen LogP contribution in [0.15, 0.2) is 105 Å². The summed E-state index contributed by atoms with van der Waals surface area (Å²) < 4.78 is 28.2. The number of nitrogens with zero attached hydrogens (tertiary/aromatic N) is 1. The molecule has 10 unspecified atom stereocenters. The van der Waals surface area contributed by atoms with Gasteiger partial charge in [-0.1, -0.05) is 45.9 Å². The Bertz CT molecular complexity index is 2700. The lowest BCUT2D eigenvalue weighted by Gasteiger charge is -2.48. The van der Waals surface area contributed by atoms with Gasteiger partial charge in [-0.2, -0.15) is 0 Å². The summed E-state index contributed by atoms with van der Waals surface area (Å²) in [6, 6.07) is 4.73. The zero-order chi connectivity index (χ0) is 41.9. The Hall–Kier alpha value is -5.16. The maximum atomic E-state index is 14.8. The second-order valence-electron chi connectivity index (χ2n) is 17.7. The van der Waals surface area contributed by atoms with Gasteiger partial charge in [-0.3, -0.25) is 4.79 Å². The quantitative estimate of drug-likeness (QED) is 0.0614. The molecular weight excluding hydrogens is 817 g/mol. The number of rotatable bonds is 2. The van der Waals surface area contributed by atoms with E-state index in [4.69, 9.17) is 30.1 Å². The molecule has 10 heterocycles. The molecule has 6 bridgehead atoms. The van der Waals surface area contributed by atoms with Crippen LogP contribution in [0.1, 0.15) is 49.8 Å². The lowest BCUT2D eigenvalue weighted by Crippen LogP contribution is -2.55. The predicted octanol–water partition coefficient (Wildman–Crippen LogP) is 4.97. The van der Waals surface area contributed by atoms with Gasteiger partial charge < -0.3 is 60.5 Å². The number of ether oxygens (including phenoxy) is 3. The fraction of sp³-hybridized carbons (Fsp3) is 0.422. The largest absolute Gasteiger partial charge is 0.507 e. The van der Waals surface area contributed by atoms with E-state index < -0.39 is 47.3 Å². The first-order valence-corrected chi connectivity index (χ1v) is 23.4. The van der Waals surface area contributed by atoms with Gasteiger partial charge >= 0.3 is 5.97 Å². The summed E-state index contributed by atoms with van der Waals surface area (Å²) in [6.07, 6.45) is 15.8. The number of epoxide rings is 1. The van der Waals surface area contributed by atoms with Crippen LogP contribution in [0.3, 0.4) is 0 Å². The number of phenols is 1. The van der Waals surface area contributed by atoms with Crippen molar-refractivity contribution in [3.63, 3.8) is 0 Å². The summed E-state index contributed by atoms with van der Waals surface area (Å²) in [5.74, 6) is 0.600. The van der Waals surface area contributed by atoms with Gasteiger partial charge in [0, 0.05) is 83.6 Å². The number of nitrogens with one attached hydrogen (secondary N) is 3. The van der Waals surface area contributed by atoms with Crippen molar-refractivity contribution in [1.29, 1.82) is 0 Å². The lowest BCUT2D eigenvalue weighted by molar-refractivity contribution is -0.174. The fourth-order valence-corrected chi connectivity index (χ4v) is 13.1. The van der Waals surface area contributed by atoms with E-state index in [1.165, 1.54) is 6.07 Å². The van der Waals surface area contributed by atoms with Gasteiger partial charge in [-0.25, -0.2) is 4.79 Å². The molecule has 2 saturated heterocycles. The molecule has 7 aliphatic heterocycles. The van der Waals surface area contributed by atoms with E-state index in [9.17, 15) is 19.8 Å². The van der Waals surface area contributed by atoms with Crippen LogP contribution in [-0.2, 0) is 20.8 Å². The summed E-state index contributed by atoms with van der Waals surface area (Å²) in [4.78, 5) is 31.5. The summed E-state index contributed by atoms with van der Waals surface area (Å²) in [6.45, 7) is 4.29. The number of esters is 1. The molecule has 3 aromatic heterocycles. The number of aromatic hydroxyl groups is 1. The standard InChI is InChI=1S/C45H48N6O8S2/c1-21-11-32(53)38-33(56-21)16-34-39(40(38)54)37-23-4-5-28(31(52)14-23)45-35(59-45)6-3-22-12-29(50-36(46)13-22)26-15-25(18-51-17-24-7-9-48-30(24)19-51)49-42(47)27(26)20-61-60-10-8-44(2,58-34)41(37)57-43(45)55/h4-5,7,9,11-13,15-17,19,23,25,28-29,31,35,37,41,48-50,52,54H,3,6,8,10,14,18,20,46-47H2,1-2H3. The predicted molar refractivity (Wildman–Crippen MR) is 233 cm³/mol. The minimum Gasteiger partial charge on any atom is -0.507 e. The van der Waals surface area contributed by atoms with E-state index >= 15 is 0 Å². The normalized spacial score (nSPS) is 34.4. The first-order chi connectivity index (χ1) is 29.4. The number of H-pyrrole nitrogens is 1. The zero-order valence-corrected chi connectivity index (χ0v) is 35.3. The van der Waals surface area contributed by atoms with E-state index in [-0.39, 0.29) is 46.6 Å². The first kappa shape index (κ1) is 38.7. The van der Waals surface area contributed by atoms with Crippen molar-refractivity contribution in [2.75, 3.05) is 11.5 Å². The van der Waals surface area contributed by atoms with E-state index in [0.717, 1.165) is 27.6 Å². The third-order valence-corrected chi connectivity index (χ3v) is 16.0. The van der Waals surface area contributed by atoms with Crippen molar-refractivity contribution in [3.05, 3.63) is 117 Å². The average molecular weight is 865 g/mol. The molecule has 10 atom stereocenters. The number of aromatic amines is 1. The molecular formula is C45H48N6O8S2. The number of dihydropyridines is 2. The van der Waals surface area contributed by atoms with Crippen LogP contribution < -0.4 is 32.3 Å². The Balaban J connectivity index is 0.979. The zero-order valence-electron chi connectivity index (χ0n) is 33.7. The molecule has 318 valence electrons. The van der Waals surface area contributed by atoms with Crippen molar-refractivity contribution in [3.8, 4) is 11.5 Å². The van der Waals surface area contributed by atoms with Crippen molar-refractivity contribution >= 4 is 49.4 Å². The number of carbonyl (C=O) groups is 1. The van der Waals surface area contributed by atoms with E-state index in [0.29, 0.717) is 66.0 Å². The highest BCUT2D eigenvalue weighted by Crippen LogP contribution is 2.59. The molecule has 12 rings (SSSR count). The highest BCUT2D eigenvalue weighted by atomic mass is 33.1. The number of fused-ring (bicyclic) bond motifs is 7. The number of aryl methyl sites for hydroxylation is 1. The van der Waals surface area contributed by atoms with Gasteiger partial charge in [-0.15, -0.1) is 0 Å². The van der Waals surface area contributed by atoms with Gasteiger partial charge in [-0.05, 0) is 62.3 Å². The van der Waals surface area contributed by atoms with Gasteiger partial charge in [0.1, 0.15) is 51.9 Å². The molecule has 2 fully saturated rings. The maximum absolute atomic E-state index is 14.8. The molecule has 8 aliphatic rings. The number of aromatic nitrogens is 2. The van der Waals surface area contributed by atoms with Crippen molar-refractivity contribution in [2.45, 2.75) is 93.6 Å². The topological polar surface area (TPSA) is 216 Å². The Morgan fingerprint density at radius 1 is 1.10 bits per heavy atom. The van der Waals surface area contributed by atoms with Crippen LogP contribution in [0.2, 0.25) is 0 Å². The van der Waals surface area contributed by atoms with Crippen LogP contribution in [0.5, 0.6) is 11.5 Å². The van der Waals surface area contributed by atoms with Gasteiger partial charge in [0.2, 0.25) is 0 Å². The number of nitrogens with two attached hydrogens (primary N) is 2. The number of benzene rings is 1. The van der Waals surface area contributed by atoms with Gasteiger partial charge in [0.25, 0.3) is 0 Å². The summed E-state index contributed by atoms with van der Waals surface area (Å²) in [5, 5.41) is 32.1. The molecule has 14 nitrogen and oxygen atoms in total. The van der Waals surface area contributed by atoms with Crippen molar-refractivity contribution in [1.82, 2.24) is 20.2 Å². The van der Waals surface area contributed by atoms with E-state index in [1.54, 1.807) is 34.6 Å². The second kappa shape index (κ2) is 14.2. The average Bonchev–Trinajstić information content (AvgIpc) is 3.53. The monoisotopic (exact) mass is 864 g/mol. The molecule has 61 heavy (non-hydrogen) atoms. The molecule has 9 N–H and O–H groups in total. The molecule has 0 radical (unpaired) electrons. The van der Waals surface area contributed by atoms with Crippen LogP contribution in [0.4, 0.5) is 0 Å². The minimum atomic E-state index is -1.42. The third kappa shape index (κ3) is 6.30. The number of hydrogen-bond donors (Lipinski definition) is 7. The van der Waals surface area contributed by atoms with Crippen LogP contribution in [-0.4, -0.2) is 78.8 Å². The van der Waals surface area contributed by atoms with Gasteiger partial charge in [0.05, 0.1) is 29.5 Å². The highest BCUT2D eigenvalue weighted by Gasteiger charge is 2.71. The number of hydrogen-bond acceptors (Lipinski definition) is 14. The Morgan fingerprint density at radius 2 is 1.97 bits per heavy atom. The van der Waals surface area contributed by atoms with E-state index in [1.807, 2.05) is 31.3 Å². The highest BCUT2D eigenvalue weighted by molar-refractivity contribution is 8.76. The third-order valence-electron chi connectivity index (χ3n) is 13.7. The number of carbonyl (C=O) groups excluding carboxylic acids is 1. The van der Waals surface area contributed by atoms with Crippen molar-refractivity contribution in [2.24, 2.45) is 23.3 Å². The first-order valence-electron chi connectivity index (χ1n) is 20.9.